The van der Waals surface area contributed by atoms with E-state index in [1.165, 1.54) is 0 Å². The lowest BCUT2D eigenvalue weighted by atomic mass is 10.1. The van der Waals surface area contributed by atoms with Crippen LogP contribution < -0.4 is 5.32 Å². The Morgan fingerprint density at radius 1 is 1.47 bits per heavy atom. The van der Waals surface area contributed by atoms with Gasteiger partial charge < -0.3 is 10.2 Å². The average Bonchev–Trinajstić information content (AvgIpc) is 2.26. The minimum Gasteiger partial charge on any atom is -0.333 e. The summed E-state index contributed by atoms with van der Waals surface area (Å²) in [5, 5.41) is 3.91. The molecule has 92 valence electrons. The molecule has 1 N–H and O–H groups in total. The molecular weight excluding hydrogens is 259 g/mol. The fourth-order valence-corrected chi connectivity index (χ4v) is 2.27. The predicted molar refractivity (Wildman–Crippen MR) is 69.8 cm³/mol. The molecule has 2 rings (SSSR count). The van der Waals surface area contributed by atoms with Crippen LogP contribution >= 0.6 is 23.2 Å². The normalized spacial score (nSPS) is 15.5. The van der Waals surface area contributed by atoms with Gasteiger partial charge in [0, 0.05) is 19.6 Å². The van der Waals surface area contributed by atoms with Crippen molar-refractivity contribution in [3.8, 4) is 0 Å². The molecule has 1 aromatic rings. The number of carbonyl (C=O) groups excluding carboxylic acids is 1. The van der Waals surface area contributed by atoms with E-state index in [1.807, 2.05) is 11.8 Å². The number of nitrogens with one attached hydrogen (secondary N) is 1. The molecule has 0 bridgehead atoms. The van der Waals surface area contributed by atoms with Crippen LogP contribution in [0.4, 0.5) is 0 Å². The molecule has 1 fully saturated rings. The third-order valence-corrected chi connectivity index (χ3v) is 3.80. The molecule has 0 aliphatic carbocycles. The van der Waals surface area contributed by atoms with E-state index in [2.05, 4.69) is 5.32 Å². The zero-order valence-corrected chi connectivity index (χ0v) is 11.1. The monoisotopic (exact) mass is 272 g/mol. The zero-order chi connectivity index (χ0) is 12.4. The lowest BCUT2D eigenvalue weighted by Gasteiger charge is -2.37. The Balaban J connectivity index is 2.25. The molecule has 1 saturated heterocycles. The molecule has 3 nitrogen and oxygen atoms in total. The second-order valence-electron chi connectivity index (χ2n) is 4.00. The quantitative estimate of drug-likeness (QED) is 0.917. The average molecular weight is 273 g/mol. The van der Waals surface area contributed by atoms with E-state index in [-0.39, 0.29) is 11.9 Å². The van der Waals surface area contributed by atoms with Gasteiger partial charge in [0.05, 0.1) is 21.7 Å². The molecule has 1 aliphatic rings. The molecule has 1 aliphatic heterocycles. The summed E-state index contributed by atoms with van der Waals surface area (Å²) >= 11 is 12.0. The Morgan fingerprint density at radius 2 is 2.18 bits per heavy atom. The number of carbonyl (C=O) groups is 1. The molecule has 0 atom stereocenters. The van der Waals surface area contributed by atoms with Gasteiger partial charge in [-0.15, -0.1) is 0 Å². The van der Waals surface area contributed by atoms with Gasteiger partial charge in [0.25, 0.3) is 5.91 Å². The Labute approximate surface area is 111 Å². The molecule has 0 saturated carbocycles. The van der Waals surface area contributed by atoms with Crippen LogP contribution in [0.1, 0.15) is 17.3 Å². The molecule has 17 heavy (non-hydrogen) atoms. The Kier molecular flexibility index (Phi) is 3.92. The van der Waals surface area contributed by atoms with Gasteiger partial charge >= 0.3 is 0 Å². The van der Waals surface area contributed by atoms with Gasteiger partial charge in [-0.05, 0) is 19.1 Å². The summed E-state index contributed by atoms with van der Waals surface area (Å²) < 4.78 is 0. The minimum absolute atomic E-state index is 0.0495. The van der Waals surface area contributed by atoms with E-state index in [0.29, 0.717) is 22.2 Å². The van der Waals surface area contributed by atoms with E-state index >= 15 is 0 Å². The highest BCUT2D eigenvalue weighted by atomic mass is 35.5. The van der Waals surface area contributed by atoms with E-state index in [4.69, 9.17) is 23.2 Å². The van der Waals surface area contributed by atoms with Gasteiger partial charge in [0.2, 0.25) is 0 Å². The SMILES string of the molecule is CCN(C(=O)c1cccc(Cl)c1Cl)C1CNC1. The molecular formula is C12H14Cl2N2O. The van der Waals surface area contributed by atoms with Crippen molar-refractivity contribution >= 4 is 29.1 Å². The number of likely N-dealkylation sites (N-methyl/N-ethyl adjacent to an activating group) is 1. The minimum atomic E-state index is -0.0495. The Bertz CT molecular complexity index is 433. The van der Waals surface area contributed by atoms with Gasteiger partial charge in [-0.3, -0.25) is 4.79 Å². The fourth-order valence-electron chi connectivity index (χ4n) is 1.89. The van der Waals surface area contributed by atoms with Crippen LogP contribution in [0.25, 0.3) is 0 Å². The van der Waals surface area contributed by atoms with Crippen LogP contribution in [0.15, 0.2) is 18.2 Å². The van der Waals surface area contributed by atoms with Crippen LogP contribution in [0.3, 0.4) is 0 Å². The topological polar surface area (TPSA) is 32.3 Å². The molecule has 0 radical (unpaired) electrons. The number of nitrogens with zero attached hydrogens (tertiary/aromatic N) is 1. The summed E-state index contributed by atoms with van der Waals surface area (Å²) in [7, 11) is 0. The van der Waals surface area contributed by atoms with Gasteiger partial charge in [0.15, 0.2) is 0 Å². The van der Waals surface area contributed by atoms with Gasteiger partial charge in [-0.1, -0.05) is 29.3 Å². The maximum Gasteiger partial charge on any atom is 0.255 e. The van der Waals surface area contributed by atoms with Crippen LogP contribution in [0.2, 0.25) is 10.0 Å². The van der Waals surface area contributed by atoms with Crippen LogP contribution in [0, 0.1) is 0 Å². The van der Waals surface area contributed by atoms with Crippen LogP contribution in [-0.4, -0.2) is 36.5 Å². The number of hydrogen-bond acceptors (Lipinski definition) is 2. The standard InChI is InChI=1S/C12H14Cl2N2O/c1-2-16(8-6-15-7-8)12(17)9-4-3-5-10(13)11(9)14/h3-5,8,15H,2,6-7H2,1H3. The summed E-state index contributed by atoms with van der Waals surface area (Å²) in [4.78, 5) is 14.2. The summed E-state index contributed by atoms with van der Waals surface area (Å²) in [6, 6.07) is 5.41. The molecule has 1 amide bonds. The van der Waals surface area contributed by atoms with Crippen molar-refractivity contribution in [2.24, 2.45) is 0 Å². The summed E-state index contributed by atoms with van der Waals surface area (Å²) in [6.45, 7) is 4.33. The van der Waals surface area contributed by atoms with Crippen molar-refractivity contribution in [1.29, 1.82) is 0 Å². The van der Waals surface area contributed by atoms with Crippen molar-refractivity contribution in [3.63, 3.8) is 0 Å². The van der Waals surface area contributed by atoms with Gasteiger partial charge in [-0.2, -0.15) is 0 Å². The second kappa shape index (κ2) is 5.25. The first-order chi connectivity index (χ1) is 8.15. The second-order valence-corrected chi connectivity index (χ2v) is 4.79. The predicted octanol–water partition coefficient (Wildman–Crippen LogP) is 2.43. The third-order valence-electron chi connectivity index (χ3n) is 2.98. The Hall–Kier alpha value is -0.770. The molecule has 5 heteroatoms. The maximum atomic E-state index is 12.3. The summed E-state index contributed by atoms with van der Waals surface area (Å²) in [5.41, 5.74) is 0.480. The summed E-state index contributed by atoms with van der Waals surface area (Å²) in [5.74, 6) is -0.0495. The maximum absolute atomic E-state index is 12.3. The highest BCUT2D eigenvalue weighted by molar-refractivity contribution is 6.43. The Morgan fingerprint density at radius 3 is 2.71 bits per heavy atom. The lowest BCUT2D eigenvalue weighted by Crippen LogP contribution is -2.58. The van der Waals surface area contributed by atoms with Crippen molar-refractivity contribution in [2.75, 3.05) is 19.6 Å². The molecule has 1 aromatic carbocycles. The van der Waals surface area contributed by atoms with E-state index < -0.39 is 0 Å². The van der Waals surface area contributed by atoms with Gasteiger partial charge in [-0.25, -0.2) is 0 Å². The van der Waals surface area contributed by atoms with Crippen LogP contribution in [-0.2, 0) is 0 Å². The van der Waals surface area contributed by atoms with Crippen molar-refractivity contribution in [1.82, 2.24) is 10.2 Å². The first kappa shape index (κ1) is 12.7. The third kappa shape index (κ3) is 2.41. The number of amides is 1. The fraction of sp³-hybridized carbons (Fsp3) is 0.417. The lowest BCUT2D eigenvalue weighted by molar-refractivity contribution is 0.0630. The van der Waals surface area contributed by atoms with Crippen molar-refractivity contribution in [2.45, 2.75) is 13.0 Å². The molecule has 1 heterocycles. The first-order valence-electron chi connectivity index (χ1n) is 5.60. The van der Waals surface area contributed by atoms with Crippen LogP contribution in [0.5, 0.6) is 0 Å². The summed E-state index contributed by atoms with van der Waals surface area (Å²) in [6.07, 6.45) is 0. The highest BCUT2D eigenvalue weighted by Gasteiger charge is 2.29. The van der Waals surface area contributed by atoms with E-state index in [0.717, 1.165) is 13.1 Å². The largest absolute Gasteiger partial charge is 0.333 e. The van der Waals surface area contributed by atoms with Gasteiger partial charge in [0.1, 0.15) is 0 Å². The number of halogens is 2. The molecule has 0 aromatic heterocycles. The van der Waals surface area contributed by atoms with Crippen molar-refractivity contribution < 1.29 is 4.79 Å². The number of hydrogen-bond donors (Lipinski definition) is 1. The zero-order valence-electron chi connectivity index (χ0n) is 9.54. The highest BCUT2D eigenvalue weighted by Crippen LogP contribution is 2.27. The molecule has 0 unspecified atom stereocenters. The van der Waals surface area contributed by atoms with E-state index in [9.17, 15) is 4.79 Å². The smallest absolute Gasteiger partial charge is 0.255 e. The van der Waals surface area contributed by atoms with E-state index in [1.54, 1.807) is 18.2 Å². The number of rotatable bonds is 3. The number of benzene rings is 1. The van der Waals surface area contributed by atoms with Crippen molar-refractivity contribution in [3.05, 3.63) is 33.8 Å². The first-order valence-corrected chi connectivity index (χ1v) is 6.36. The molecule has 0 spiro atoms.